The maximum Gasteiger partial charge on any atom is 0.344 e. The third kappa shape index (κ3) is 4.31. The zero-order valence-corrected chi connectivity index (χ0v) is 17.1. The number of pyridine rings is 1. The molecule has 1 aromatic heterocycles. The summed E-state index contributed by atoms with van der Waals surface area (Å²) in [6.07, 6.45) is 7.02. The molecule has 154 valence electrons. The maximum atomic E-state index is 14.0. The molecule has 0 saturated carbocycles. The van der Waals surface area contributed by atoms with Crippen LogP contribution < -0.4 is 4.74 Å². The summed E-state index contributed by atoms with van der Waals surface area (Å²) in [5, 5.41) is 11.7. The molecule has 5 heteroatoms. The van der Waals surface area contributed by atoms with E-state index in [2.05, 4.69) is 4.98 Å². The Bertz CT molecular complexity index is 1300. The van der Waals surface area contributed by atoms with Gasteiger partial charge < -0.3 is 9.84 Å². The monoisotopic (exact) mass is 413 g/mol. The van der Waals surface area contributed by atoms with E-state index >= 15 is 0 Å². The summed E-state index contributed by atoms with van der Waals surface area (Å²) in [5.41, 5.74) is 3.34. The predicted molar refractivity (Wildman–Crippen MR) is 120 cm³/mol. The van der Waals surface area contributed by atoms with Crippen LogP contribution in [0.5, 0.6) is 11.5 Å². The van der Waals surface area contributed by atoms with Gasteiger partial charge in [0.25, 0.3) is 0 Å². The number of para-hydroxylation sites is 1. The number of aromatic nitrogens is 1. The van der Waals surface area contributed by atoms with Crippen LogP contribution in [0.4, 0.5) is 4.39 Å². The Labute approximate surface area is 179 Å². The number of ether oxygens (including phenoxy) is 1. The molecular weight excluding hydrogens is 393 g/mol. The first kappa shape index (κ1) is 20.3. The molecule has 0 radical (unpaired) electrons. The van der Waals surface area contributed by atoms with Crippen molar-refractivity contribution in [3.8, 4) is 11.5 Å². The third-order valence-corrected chi connectivity index (χ3v) is 5.04. The van der Waals surface area contributed by atoms with E-state index in [9.17, 15) is 14.3 Å². The van der Waals surface area contributed by atoms with Gasteiger partial charge in [-0.05, 0) is 84.0 Å². The summed E-state index contributed by atoms with van der Waals surface area (Å²) in [6, 6.07) is 14.9. The number of fused-ring (bicyclic) bond motifs is 1. The van der Waals surface area contributed by atoms with Crippen LogP contribution in [-0.4, -0.2) is 16.1 Å². The van der Waals surface area contributed by atoms with Gasteiger partial charge in [0.2, 0.25) is 0 Å². The molecule has 1 heterocycles. The van der Waals surface area contributed by atoms with Gasteiger partial charge in [0.1, 0.15) is 5.75 Å². The molecule has 1 N–H and O–H groups in total. The minimum absolute atomic E-state index is 0.123. The fourth-order valence-electron chi connectivity index (χ4n) is 3.42. The lowest BCUT2D eigenvalue weighted by molar-refractivity contribution is 0.0728. The highest BCUT2D eigenvalue weighted by Gasteiger charge is 2.16. The minimum Gasteiger partial charge on any atom is -0.507 e. The summed E-state index contributed by atoms with van der Waals surface area (Å²) in [6.45, 7) is 3.66. The molecule has 0 fully saturated rings. The van der Waals surface area contributed by atoms with Crippen LogP contribution in [0.2, 0.25) is 0 Å². The molecule has 0 atom stereocenters. The molecule has 31 heavy (non-hydrogen) atoms. The molecule has 0 bridgehead atoms. The van der Waals surface area contributed by atoms with Gasteiger partial charge in [-0.3, -0.25) is 4.98 Å². The topological polar surface area (TPSA) is 59.4 Å². The van der Waals surface area contributed by atoms with Crippen molar-refractivity contribution in [1.82, 2.24) is 4.98 Å². The zero-order chi connectivity index (χ0) is 22.0. The number of halogens is 1. The van der Waals surface area contributed by atoms with Crippen LogP contribution in [0.25, 0.3) is 22.9 Å². The van der Waals surface area contributed by atoms with E-state index < -0.39 is 11.8 Å². The van der Waals surface area contributed by atoms with E-state index in [1.165, 1.54) is 18.2 Å². The second-order valence-corrected chi connectivity index (χ2v) is 7.32. The fourth-order valence-corrected chi connectivity index (χ4v) is 3.42. The first-order chi connectivity index (χ1) is 14.9. The number of hydrogen-bond donors (Lipinski definition) is 1. The predicted octanol–water partition coefficient (Wildman–Crippen LogP) is 6.09. The van der Waals surface area contributed by atoms with Gasteiger partial charge in [-0.1, -0.05) is 24.3 Å². The quantitative estimate of drug-likeness (QED) is 0.250. The normalized spacial score (nSPS) is 11.2. The lowest BCUT2D eigenvalue weighted by Gasteiger charge is -2.10. The zero-order valence-electron chi connectivity index (χ0n) is 17.1. The van der Waals surface area contributed by atoms with Gasteiger partial charge in [0.05, 0.1) is 5.56 Å². The number of aromatic hydroxyl groups is 1. The van der Waals surface area contributed by atoms with Gasteiger partial charge in [-0.25, -0.2) is 9.18 Å². The van der Waals surface area contributed by atoms with Crippen molar-refractivity contribution in [3.05, 3.63) is 101 Å². The molecule has 0 spiro atoms. The Morgan fingerprint density at radius 3 is 2.48 bits per heavy atom. The second kappa shape index (κ2) is 8.40. The van der Waals surface area contributed by atoms with Crippen LogP contribution in [0, 0.1) is 19.7 Å². The Kier molecular flexibility index (Phi) is 5.50. The van der Waals surface area contributed by atoms with Crippen LogP contribution >= 0.6 is 0 Å². The SMILES string of the molecule is Cc1cc(C=Cc2cc3cnccc3cc2C(=O)Oc2ccccc2F)cc(C)c1O. The smallest absolute Gasteiger partial charge is 0.344 e. The first-order valence-electron chi connectivity index (χ1n) is 9.75. The number of carbonyl (C=O) groups is 1. The van der Waals surface area contributed by atoms with Crippen LogP contribution in [0.1, 0.15) is 32.6 Å². The van der Waals surface area contributed by atoms with E-state index in [-0.39, 0.29) is 11.5 Å². The van der Waals surface area contributed by atoms with Gasteiger partial charge in [-0.2, -0.15) is 0 Å². The van der Waals surface area contributed by atoms with Crippen molar-refractivity contribution >= 4 is 28.9 Å². The summed E-state index contributed by atoms with van der Waals surface area (Å²) >= 11 is 0. The van der Waals surface area contributed by atoms with Gasteiger partial charge in [-0.15, -0.1) is 0 Å². The van der Waals surface area contributed by atoms with Crippen LogP contribution in [0.3, 0.4) is 0 Å². The molecule has 0 aliphatic rings. The first-order valence-corrected chi connectivity index (χ1v) is 9.75. The number of phenols is 1. The Hall–Kier alpha value is -3.99. The molecule has 0 amide bonds. The molecule has 0 saturated heterocycles. The number of benzene rings is 3. The number of nitrogens with zero attached hydrogens (tertiary/aromatic N) is 1. The van der Waals surface area contributed by atoms with Crippen molar-refractivity contribution < 1.29 is 19.0 Å². The van der Waals surface area contributed by atoms with Crippen molar-refractivity contribution in [2.24, 2.45) is 0 Å². The molecule has 0 aliphatic carbocycles. The summed E-state index contributed by atoms with van der Waals surface area (Å²) in [4.78, 5) is 17.1. The van der Waals surface area contributed by atoms with Gasteiger partial charge in [0, 0.05) is 17.8 Å². The molecular formula is C26H20FNO3. The van der Waals surface area contributed by atoms with Crippen LogP contribution in [0.15, 0.2) is 67.0 Å². The highest BCUT2D eigenvalue weighted by molar-refractivity contribution is 6.01. The van der Waals surface area contributed by atoms with Crippen molar-refractivity contribution in [1.29, 1.82) is 0 Å². The van der Waals surface area contributed by atoms with Gasteiger partial charge in [0.15, 0.2) is 11.6 Å². The average molecular weight is 413 g/mol. The largest absolute Gasteiger partial charge is 0.507 e. The highest BCUT2D eigenvalue weighted by Crippen LogP contribution is 2.27. The minimum atomic E-state index is -0.651. The maximum absolute atomic E-state index is 14.0. The second-order valence-electron chi connectivity index (χ2n) is 7.32. The molecule has 4 nitrogen and oxygen atoms in total. The highest BCUT2D eigenvalue weighted by atomic mass is 19.1. The molecule has 0 unspecified atom stereocenters. The van der Waals surface area contributed by atoms with E-state index in [1.807, 2.05) is 38.1 Å². The Morgan fingerprint density at radius 2 is 1.74 bits per heavy atom. The number of rotatable bonds is 4. The molecule has 4 aromatic rings. The number of esters is 1. The van der Waals surface area contributed by atoms with E-state index in [0.717, 1.165) is 27.5 Å². The fraction of sp³-hybridized carbons (Fsp3) is 0.0769. The van der Waals surface area contributed by atoms with Crippen molar-refractivity contribution in [2.45, 2.75) is 13.8 Å². The summed E-state index contributed by atoms with van der Waals surface area (Å²) in [5.74, 6) is -1.11. The van der Waals surface area contributed by atoms with E-state index in [4.69, 9.17) is 4.74 Å². The van der Waals surface area contributed by atoms with Crippen molar-refractivity contribution in [2.75, 3.05) is 0 Å². The summed E-state index contributed by atoms with van der Waals surface area (Å²) in [7, 11) is 0. The number of carbonyl (C=O) groups excluding carboxylic acids is 1. The number of hydrogen-bond acceptors (Lipinski definition) is 4. The Morgan fingerprint density at radius 1 is 1.00 bits per heavy atom. The lowest BCUT2D eigenvalue weighted by atomic mass is 10.00. The summed E-state index contributed by atoms with van der Waals surface area (Å²) < 4.78 is 19.3. The van der Waals surface area contributed by atoms with Crippen LogP contribution in [-0.2, 0) is 0 Å². The standard InChI is InChI=1S/C26H20FNO3/c1-16-11-18(12-17(2)25(16)29)7-8-20-13-21-15-28-10-9-19(21)14-22(20)26(30)31-24-6-4-3-5-23(24)27/h3-15,29H,1-2H3. The lowest BCUT2D eigenvalue weighted by Crippen LogP contribution is -2.11. The van der Waals surface area contributed by atoms with Crippen molar-refractivity contribution in [3.63, 3.8) is 0 Å². The molecule has 0 aliphatic heterocycles. The average Bonchev–Trinajstić information content (AvgIpc) is 2.76. The third-order valence-electron chi connectivity index (χ3n) is 5.04. The number of phenolic OH excluding ortho intramolecular Hbond substituents is 1. The molecule has 3 aromatic carbocycles. The van der Waals surface area contributed by atoms with E-state index in [0.29, 0.717) is 11.1 Å². The van der Waals surface area contributed by atoms with E-state index in [1.54, 1.807) is 36.7 Å². The van der Waals surface area contributed by atoms with Gasteiger partial charge >= 0.3 is 5.97 Å². The Balaban J connectivity index is 1.76. The number of aryl methyl sites for hydroxylation is 2. The molecule has 4 rings (SSSR count).